The van der Waals surface area contributed by atoms with Gasteiger partial charge in [-0.15, -0.1) is 0 Å². The summed E-state index contributed by atoms with van der Waals surface area (Å²) in [5, 5.41) is 0. The molecule has 0 aliphatic carbocycles. The van der Waals surface area contributed by atoms with Crippen LogP contribution in [0.4, 0.5) is 0 Å². The van der Waals surface area contributed by atoms with Crippen LogP contribution in [0.2, 0.25) is 0 Å². The third-order valence-corrected chi connectivity index (χ3v) is 3.48. The lowest BCUT2D eigenvalue weighted by molar-refractivity contribution is -0.926. The molecule has 0 atom stereocenters. The van der Waals surface area contributed by atoms with Crippen molar-refractivity contribution in [2.24, 2.45) is 5.41 Å². The maximum atomic E-state index is 11.7. The first kappa shape index (κ1) is 17.4. The molecule has 0 fully saturated rings. The average molecular weight is 258 g/mol. The van der Waals surface area contributed by atoms with E-state index in [1.54, 1.807) is 0 Å². The zero-order valence-corrected chi connectivity index (χ0v) is 13.2. The Kier molecular flexibility index (Phi) is 7.53. The third kappa shape index (κ3) is 5.85. The number of nitrogens with zero attached hydrogens (tertiary/aromatic N) is 1. The highest BCUT2D eigenvalue weighted by atomic mass is 16.5. The number of quaternary nitrogens is 1. The first-order chi connectivity index (χ1) is 8.31. The van der Waals surface area contributed by atoms with E-state index in [0.29, 0.717) is 6.61 Å². The van der Waals surface area contributed by atoms with E-state index in [0.717, 1.165) is 17.6 Å². The van der Waals surface area contributed by atoms with Gasteiger partial charge in [0, 0.05) is 0 Å². The predicted octanol–water partition coefficient (Wildman–Crippen LogP) is 3.23. The summed E-state index contributed by atoms with van der Waals surface area (Å²) in [4.78, 5) is 11.7. The van der Waals surface area contributed by atoms with E-state index in [2.05, 4.69) is 20.8 Å². The van der Waals surface area contributed by atoms with E-state index in [1.807, 2.05) is 20.8 Å². The number of carbonyl (C=O) groups excluding carboxylic acids is 1. The molecule has 0 saturated heterocycles. The fourth-order valence-electron chi connectivity index (χ4n) is 2.31. The lowest BCUT2D eigenvalue weighted by Crippen LogP contribution is -2.51. The van der Waals surface area contributed by atoms with Crippen LogP contribution in [-0.4, -0.2) is 43.2 Å². The third-order valence-electron chi connectivity index (χ3n) is 3.48. The second-order valence-electron chi connectivity index (χ2n) is 6.21. The molecule has 0 aromatic heterocycles. The predicted molar refractivity (Wildman–Crippen MR) is 76.4 cm³/mol. The van der Waals surface area contributed by atoms with Crippen LogP contribution in [0.5, 0.6) is 0 Å². The first-order valence-corrected chi connectivity index (χ1v) is 7.33. The van der Waals surface area contributed by atoms with Gasteiger partial charge in [0.05, 0.1) is 25.0 Å². The molecule has 0 bridgehead atoms. The Morgan fingerprint density at radius 3 is 1.83 bits per heavy atom. The van der Waals surface area contributed by atoms with Crippen molar-refractivity contribution in [1.29, 1.82) is 0 Å². The highest BCUT2D eigenvalue weighted by Gasteiger charge is 2.26. The van der Waals surface area contributed by atoms with Crippen LogP contribution in [0, 0.1) is 5.41 Å². The van der Waals surface area contributed by atoms with E-state index in [4.69, 9.17) is 4.74 Å². The minimum atomic E-state index is -0.391. The summed E-state index contributed by atoms with van der Waals surface area (Å²) >= 11 is 0. The topological polar surface area (TPSA) is 26.3 Å². The molecule has 3 heteroatoms. The standard InChI is InChI=1S/C15H32NO2/c1-7-10-16(9-3,11-8-2)12-13-18-14(17)15(4,5)6/h7-13H2,1-6H3/q+1. The van der Waals surface area contributed by atoms with E-state index in [-0.39, 0.29) is 5.97 Å². The van der Waals surface area contributed by atoms with Gasteiger partial charge in [0.15, 0.2) is 0 Å². The van der Waals surface area contributed by atoms with Crippen LogP contribution < -0.4 is 0 Å². The summed E-state index contributed by atoms with van der Waals surface area (Å²) in [5.41, 5.74) is -0.391. The normalized spacial score (nSPS) is 12.6. The Morgan fingerprint density at radius 1 is 1.00 bits per heavy atom. The average Bonchev–Trinajstić information content (AvgIpc) is 2.28. The second kappa shape index (κ2) is 7.78. The number of hydrogen-bond acceptors (Lipinski definition) is 2. The molecule has 18 heavy (non-hydrogen) atoms. The lowest BCUT2D eigenvalue weighted by atomic mass is 9.97. The molecular weight excluding hydrogens is 226 g/mol. The quantitative estimate of drug-likeness (QED) is 0.493. The van der Waals surface area contributed by atoms with Crippen LogP contribution in [0.1, 0.15) is 54.4 Å². The molecule has 0 aliphatic rings. The first-order valence-electron chi connectivity index (χ1n) is 7.33. The van der Waals surface area contributed by atoms with Crippen molar-refractivity contribution in [1.82, 2.24) is 0 Å². The second-order valence-corrected chi connectivity index (χ2v) is 6.21. The lowest BCUT2D eigenvalue weighted by Gasteiger charge is -2.37. The molecule has 0 spiro atoms. The van der Waals surface area contributed by atoms with Crippen molar-refractivity contribution in [2.75, 3.05) is 32.8 Å². The molecular formula is C15H32NO2+. The van der Waals surface area contributed by atoms with Crippen LogP contribution in [0.3, 0.4) is 0 Å². The smallest absolute Gasteiger partial charge is 0.311 e. The fourth-order valence-corrected chi connectivity index (χ4v) is 2.31. The number of esters is 1. The van der Waals surface area contributed by atoms with Gasteiger partial charge in [-0.2, -0.15) is 0 Å². The molecule has 0 amide bonds. The number of ether oxygens (including phenoxy) is 1. The van der Waals surface area contributed by atoms with Gasteiger partial charge < -0.3 is 9.22 Å². The van der Waals surface area contributed by atoms with Gasteiger partial charge >= 0.3 is 5.97 Å². The molecule has 0 rings (SSSR count). The van der Waals surface area contributed by atoms with Gasteiger partial charge in [0.1, 0.15) is 13.2 Å². The van der Waals surface area contributed by atoms with Gasteiger partial charge in [-0.3, -0.25) is 4.79 Å². The molecule has 0 heterocycles. The molecule has 0 aromatic carbocycles. The van der Waals surface area contributed by atoms with Crippen LogP contribution in [-0.2, 0) is 9.53 Å². The highest BCUT2D eigenvalue weighted by molar-refractivity contribution is 5.75. The SMILES string of the molecule is CCC[N+](CC)(CCC)CCOC(=O)C(C)(C)C. The molecule has 108 valence electrons. The Hall–Kier alpha value is -0.570. The van der Waals surface area contributed by atoms with Crippen molar-refractivity contribution in [2.45, 2.75) is 54.4 Å². The summed E-state index contributed by atoms with van der Waals surface area (Å²) in [6, 6.07) is 0. The maximum Gasteiger partial charge on any atom is 0.311 e. The summed E-state index contributed by atoms with van der Waals surface area (Å²) < 4.78 is 6.48. The number of rotatable bonds is 8. The van der Waals surface area contributed by atoms with Crippen molar-refractivity contribution in [3.05, 3.63) is 0 Å². The van der Waals surface area contributed by atoms with Gasteiger partial charge in [0.2, 0.25) is 0 Å². The van der Waals surface area contributed by atoms with E-state index in [9.17, 15) is 4.79 Å². The van der Waals surface area contributed by atoms with E-state index < -0.39 is 5.41 Å². The minimum Gasteiger partial charge on any atom is -0.459 e. The molecule has 0 saturated carbocycles. The maximum absolute atomic E-state index is 11.7. The molecule has 0 aromatic rings. The van der Waals surface area contributed by atoms with Crippen molar-refractivity contribution >= 4 is 5.97 Å². The van der Waals surface area contributed by atoms with Gasteiger partial charge in [-0.1, -0.05) is 13.8 Å². The van der Waals surface area contributed by atoms with E-state index in [1.165, 1.54) is 25.9 Å². The summed E-state index contributed by atoms with van der Waals surface area (Å²) in [6.45, 7) is 17.3. The van der Waals surface area contributed by atoms with Gasteiger partial charge in [-0.05, 0) is 40.5 Å². The Labute approximate surface area is 113 Å². The highest BCUT2D eigenvalue weighted by Crippen LogP contribution is 2.16. The summed E-state index contributed by atoms with van der Waals surface area (Å²) in [5.74, 6) is -0.0929. The molecule has 3 nitrogen and oxygen atoms in total. The molecule has 0 unspecified atom stereocenters. The number of hydrogen-bond donors (Lipinski definition) is 0. The molecule has 0 radical (unpaired) electrons. The molecule has 0 aliphatic heterocycles. The van der Waals surface area contributed by atoms with Gasteiger partial charge in [0.25, 0.3) is 0 Å². The molecule has 0 N–H and O–H groups in total. The van der Waals surface area contributed by atoms with Crippen molar-refractivity contribution in [3.8, 4) is 0 Å². The number of carbonyl (C=O) groups is 1. The van der Waals surface area contributed by atoms with Crippen LogP contribution >= 0.6 is 0 Å². The Bertz CT molecular complexity index is 237. The zero-order chi connectivity index (χ0) is 14.2. The minimum absolute atomic E-state index is 0.0929. The summed E-state index contributed by atoms with van der Waals surface area (Å²) in [6.07, 6.45) is 2.36. The fraction of sp³-hybridized carbons (Fsp3) is 0.933. The largest absolute Gasteiger partial charge is 0.459 e. The Balaban J connectivity index is 4.31. The monoisotopic (exact) mass is 258 g/mol. The van der Waals surface area contributed by atoms with Crippen LogP contribution in [0.25, 0.3) is 0 Å². The van der Waals surface area contributed by atoms with Crippen LogP contribution in [0.15, 0.2) is 0 Å². The van der Waals surface area contributed by atoms with Crippen molar-refractivity contribution in [3.63, 3.8) is 0 Å². The zero-order valence-electron chi connectivity index (χ0n) is 13.2. The Morgan fingerprint density at radius 2 is 1.50 bits per heavy atom. The van der Waals surface area contributed by atoms with Gasteiger partial charge in [-0.25, -0.2) is 0 Å². The van der Waals surface area contributed by atoms with E-state index >= 15 is 0 Å². The summed E-state index contributed by atoms with van der Waals surface area (Å²) in [7, 11) is 0. The number of likely N-dealkylation sites (N-methyl/N-ethyl adjacent to an activating group) is 1. The van der Waals surface area contributed by atoms with Crippen molar-refractivity contribution < 1.29 is 14.0 Å².